The molecule has 57 heavy (non-hydrogen) atoms. The van der Waals surface area contributed by atoms with Crippen LogP contribution in [0.4, 0.5) is 17.8 Å². The Labute approximate surface area is 333 Å². The molecule has 3 amide bonds. The van der Waals surface area contributed by atoms with Gasteiger partial charge in [0.25, 0.3) is 0 Å². The van der Waals surface area contributed by atoms with Crippen LogP contribution in [0.25, 0.3) is 0 Å². The SMILES string of the molecule is C=CC(=O)OCCOCN(CC(=O)NCCC)c1nc(N(COCCOC(=O)C=C)CC(=O)NCCC)nc(N(COCCOC(=O)C=C)CC(=O)NCCC)n1. The third-order valence-electron chi connectivity index (χ3n) is 6.83. The van der Waals surface area contributed by atoms with E-state index in [1.54, 1.807) is 0 Å². The molecule has 0 fully saturated rings. The molecular formula is C36H57N9O12. The van der Waals surface area contributed by atoms with E-state index in [0.717, 1.165) is 18.2 Å². The monoisotopic (exact) mass is 807 g/mol. The molecule has 318 valence electrons. The van der Waals surface area contributed by atoms with E-state index in [2.05, 4.69) is 50.6 Å². The Kier molecular flexibility index (Phi) is 26.4. The lowest BCUT2D eigenvalue weighted by Crippen LogP contribution is -2.43. The summed E-state index contributed by atoms with van der Waals surface area (Å²) in [5, 5.41) is 8.36. The molecule has 0 unspecified atom stereocenters. The van der Waals surface area contributed by atoms with Crippen molar-refractivity contribution in [2.75, 3.05) is 114 Å². The minimum Gasteiger partial charge on any atom is -0.460 e. The summed E-state index contributed by atoms with van der Waals surface area (Å²) in [6, 6.07) is 0. The number of nitrogens with zero attached hydrogens (tertiary/aromatic N) is 6. The second kappa shape index (κ2) is 30.5. The van der Waals surface area contributed by atoms with Gasteiger partial charge in [-0.2, -0.15) is 15.0 Å². The van der Waals surface area contributed by atoms with Crippen molar-refractivity contribution in [2.24, 2.45) is 0 Å². The standard InChI is InChI=1S/C36H57N9O12/c1-7-13-37-28(46)22-43(25-52-16-19-55-31(49)10-4)34-40-35(44(23-29(47)38-14-8-2)26-53-17-20-56-32(50)11-5)42-36(41-34)45(24-30(48)39-15-9-3)27-54-18-21-57-33(51)12-6/h10-12H,4-9,13-27H2,1-3H3,(H,37,46)(H,38,47)(H,39,48). The largest absolute Gasteiger partial charge is 0.460 e. The normalized spacial score (nSPS) is 10.4. The topological polar surface area (TPSA) is 242 Å². The Hall–Kier alpha value is -5.67. The van der Waals surface area contributed by atoms with E-state index in [9.17, 15) is 28.8 Å². The number of esters is 3. The smallest absolute Gasteiger partial charge is 0.330 e. The van der Waals surface area contributed by atoms with Crippen molar-refractivity contribution in [3.8, 4) is 0 Å². The van der Waals surface area contributed by atoms with Crippen LogP contribution in [0.1, 0.15) is 40.0 Å². The van der Waals surface area contributed by atoms with Gasteiger partial charge in [-0.3, -0.25) is 14.4 Å². The Morgan fingerprint density at radius 2 is 0.754 bits per heavy atom. The van der Waals surface area contributed by atoms with E-state index in [1.807, 2.05) is 20.8 Å². The van der Waals surface area contributed by atoms with Crippen molar-refractivity contribution in [3.63, 3.8) is 0 Å². The Bertz CT molecular complexity index is 1270. The van der Waals surface area contributed by atoms with Crippen molar-refractivity contribution in [2.45, 2.75) is 40.0 Å². The maximum absolute atomic E-state index is 13.1. The lowest BCUT2D eigenvalue weighted by atomic mass is 10.4. The van der Waals surface area contributed by atoms with Crippen molar-refractivity contribution in [1.82, 2.24) is 30.9 Å². The van der Waals surface area contributed by atoms with Gasteiger partial charge in [0.15, 0.2) is 0 Å². The summed E-state index contributed by atoms with van der Waals surface area (Å²) in [7, 11) is 0. The summed E-state index contributed by atoms with van der Waals surface area (Å²) in [6.45, 7) is 14.6. The molecule has 0 atom stereocenters. The number of rotatable bonds is 33. The van der Waals surface area contributed by atoms with Crippen LogP contribution in [0.15, 0.2) is 38.0 Å². The lowest BCUT2D eigenvalue weighted by molar-refractivity contribution is -0.140. The summed E-state index contributed by atoms with van der Waals surface area (Å²) < 4.78 is 32.2. The third kappa shape index (κ3) is 22.5. The highest BCUT2D eigenvalue weighted by Crippen LogP contribution is 2.20. The molecule has 21 nitrogen and oxygen atoms in total. The first-order chi connectivity index (χ1) is 27.5. The molecule has 1 aromatic rings. The van der Waals surface area contributed by atoms with Crippen molar-refractivity contribution < 1.29 is 57.2 Å². The minimum atomic E-state index is -0.644. The predicted octanol–water partition coefficient (Wildman–Crippen LogP) is -0.0207. The van der Waals surface area contributed by atoms with E-state index >= 15 is 0 Å². The van der Waals surface area contributed by atoms with Crippen LogP contribution in [-0.2, 0) is 57.2 Å². The zero-order valence-corrected chi connectivity index (χ0v) is 33.2. The average molecular weight is 808 g/mol. The first-order valence-electron chi connectivity index (χ1n) is 18.4. The molecule has 0 aliphatic carbocycles. The van der Waals surface area contributed by atoms with Gasteiger partial charge < -0.3 is 59.1 Å². The lowest BCUT2D eigenvalue weighted by Gasteiger charge is -2.28. The number of amides is 3. The van der Waals surface area contributed by atoms with Crippen LogP contribution in [0.3, 0.4) is 0 Å². The van der Waals surface area contributed by atoms with Gasteiger partial charge in [-0.05, 0) is 19.3 Å². The molecule has 0 aromatic carbocycles. The van der Waals surface area contributed by atoms with E-state index in [-0.39, 0.29) is 97.3 Å². The fourth-order valence-corrected chi connectivity index (χ4v) is 4.08. The fraction of sp³-hybridized carbons (Fsp3) is 0.583. The summed E-state index contributed by atoms with van der Waals surface area (Å²) in [6.07, 6.45) is 5.03. The number of hydrogen-bond donors (Lipinski definition) is 3. The molecule has 0 bridgehead atoms. The molecular weight excluding hydrogens is 750 g/mol. The molecule has 0 aliphatic heterocycles. The zero-order valence-electron chi connectivity index (χ0n) is 33.2. The first kappa shape index (κ1) is 49.3. The number of anilines is 3. The maximum atomic E-state index is 13.1. The first-order valence-corrected chi connectivity index (χ1v) is 18.4. The Morgan fingerprint density at radius 1 is 0.491 bits per heavy atom. The van der Waals surface area contributed by atoms with E-state index < -0.39 is 35.6 Å². The van der Waals surface area contributed by atoms with Gasteiger partial charge in [-0.1, -0.05) is 40.5 Å². The summed E-state index contributed by atoms with van der Waals surface area (Å²) in [5.41, 5.74) is 0. The van der Waals surface area contributed by atoms with Crippen molar-refractivity contribution in [3.05, 3.63) is 38.0 Å². The molecule has 0 radical (unpaired) electrons. The van der Waals surface area contributed by atoms with E-state index in [1.165, 1.54) is 14.7 Å². The highest BCUT2D eigenvalue weighted by molar-refractivity contribution is 5.83. The average Bonchev–Trinajstić information content (AvgIpc) is 3.21. The van der Waals surface area contributed by atoms with Crippen molar-refractivity contribution in [1.29, 1.82) is 0 Å². The van der Waals surface area contributed by atoms with Crippen LogP contribution >= 0.6 is 0 Å². The highest BCUT2D eigenvalue weighted by Gasteiger charge is 2.25. The Balaban J connectivity index is 3.78. The molecule has 0 saturated carbocycles. The second-order valence-corrected chi connectivity index (χ2v) is 11.6. The zero-order chi connectivity index (χ0) is 42.3. The quantitative estimate of drug-likeness (QED) is 0.0278. The Morgan fingerprint density at radius 3 is 0.982 bits per heavy atom. The summed E-state index contributed by atoms with van der Waals surface area (Å²) in [4.78, 5) is 91.8. The summed E-state index contributed by atoms with van der Waals surface area (Å²) >= 11 is 0. The number of aromatic nitrogens is 3. The predicted molar refractivity (Wildman–Crippen MR) is 208 cm³/mol. The van der Waals surface area contributed by atoms with Crippen LogP contribution in [-0.4, -0.2) is 150 Å². The second-order valence-electron chi connectivity index (χ2n) is 11.6. The fourth-order valence-electron chi connectivity index (χ4n) is 4.08. The molecule has 21 heteroatoms. The van der Waals surface area contributed by atoms with Gasteiger partial charge in [0, 0.05) is 37.9 Å². The number of nitrogens with one attached hydrogen (secondary N) is 3. The number of ether oxygens (including phenoxy) is 6. The number of carbonyl (C=O) groups excluding carboxylic acids is 6. The van der Waals surface area contributed by atoms with Crippen LogP contribution < -0.4 is 30.7 Å². The highest BCUT2D eigenvalue weighted by atomic mass is 16.6. The van der Waals surface area contributed by atoms with Crippen LogP contribution in [0, 0.1) is 0 Å². The molecule has 0 spiro atoms. The van der Waals surface area contributed by atoms with E-state index in [4.69, 9.17) is 28.4 Å². The maximum Gasteiger partial charge on any atom is 0.330 e. The number of hydrogen-bond acceptors (Lipinski definition) is 18. The van der Waals surface area contributed by atoms with Gasteiger partial charge in [0.1, 0.15) is 59.6 Å². The summed E-state index contributed by atoms with van der Waals surface area (Å²) in [5.74, 6) is -3.46. The molecule has 0 aliphatic rings. The molecule has 1 aromatic heterocycles. The van der Waals surface area contributed by atoms with Gasteiger partial charge in [-0.25, -0.2) is 14.4 Å². The minimum absolute atomic E-state index is 0.0700. The van der Waals surface area contributed by atoms with Crippen LogP contribution in [0.5, 0.6) is 0 Å². The molecule has 1 rings (SSSR count). The molecule has 0 saturated heterocycles. The third-order valence-corrected chi connectivity index (χ3v) is 6.83. The van der Waals surface area contributed by atoms with Crippen molar-refractivity contribution >= 4 is 53.5 Å². The van der Waals surface area contributed by atoms with Gasteiger partial charge in [-0.15, -0.1) is 0 Å². The van der Waals surface area contributed by atoms with Crippen LogP contribution in [0.2, 0.25) is 0 Å². The molecule has 3 N–H and O–H groups in total. The van der Waals surface area contributed by atoms with E-state index in [0.29, 0.717) is 38.9 Å². The van der Waals surface area contributed by atoms with Gasteiger partial charge in [0.2, 0.25) is 35.6 Å². The van der Waals surface area contributed by atoms with Gasteiger partial charge in [0.05, 0.1) is 19.8 Å². The van der Waals surface area contributed by atoms with Gasteiger partial charge >= 0.3 is 17.9 Å². The number of carbonyl (C=O) groups is 6. The molecule has 1 heterocycles.